The van der Waals surface area contributed by atoms with E-state index in [1.807, 2.05) is 19.9 Å². The summed E-state index contributed by atoms with van der Waals surface area (Å²) >= 11 is 0. The molecule has 2 amide bonds. The van der Waals surface area contributed by atoms with Crippen molar-refractivity contribution in [1.29, 1.82) is 0 Å². The van der Waals surface area contributed by atoms with E-state index >= 15 is 0 Å². The number of amides is 2. The van der Waals surface area contributed by atoms with Crippen LogP contribution in [-0.4, -0.2) is 62.4 Å². The van der Waals surface area contributed by atoms with Crippen LogP contribution in [0, 0.1) is 11.8 Å². The zero-order valence-electron chi connectivity index (χ0n) is 24.2. The predicted octanol–water partition coefficient (Wildman–Crippen LogP) is 3.34. The lowest BCUT2D eigenvalue weighted by atomic mass is 9.86. The molecule has 12 heteroatoms. The molecule has 0 saturated heterocycles. The Labute approximate surface area is 242 Å². The van der Waals surface area contributed by atoms with E-state index in [1.54, 1.807) is 19.1 Å². The number of rotatable bonds is 5. The number of allylic oxidation sites excluding steroid dienone is 6. The largest absolute Gasteiger partial charge is 0.465 e. The number of aliphatic hydroxyl groups excluding tert-OH is 1. The lowest BCUT2D eigenvalue weighted by Gasteiger charge is -2.24. The molecule has 41 heavy (non-hydrogen) atoms. The molecule has 0 fully saturated rings. The van der Waals surface area contributed by atoms with Crippen LogP contribution in [0.5, 0.6) is 0 Å². The summed E-state index contributed by atoms with van der Waals surface area (Å²) < 4.78 is 0. The molecule has 3 atom stereocenters. The first kappa shape index (κ1) is 35.9. The van der Waals surface area contributed by atoms with Gasteiger partial charge in [-0.2, -0.15) is 0 Å². The summed E-state index contributed by atoms with van der Waals surface area (Å²) in [6.45, 7) is 7.97. The Kier molecular flexibility index (Phi) is 16.1. The van der Waals surface area contributed by atoms with E-state index in [-0.39, 0.29) is 29.4 Å². The number of hydrogen-bond acceptors (Lipinski definition) is 8. The molecule has 0 aromatic heterocycles. The number of ketones is 2. The van der Waals surface area contributed by atoms with Crippen molar-refractivity contribution in [3.63, 3.8) is 0 Å². The molecule has 1 heterocycles. The highest BCUT2D eigenvalue weighted by atomic mass is 31.2. The van der Waals surface area contributed by atoms with E-state index in [2.05, 4.69) is 29.4 Å². The maximum Gasteiger partial charge on any atom is 0.402 e. The van der Waals surface area contributed by atoms with Crippen molar-refractivity contribution in [1.82, 2.24) is 10.6 Å². The van der Waals surface area contributed by atoms with Gasteiger partial charge in [-0.25, -0.2) is 4.79 Å². The molecule has 0 saturated carbocycles. The standard InChI is InChI=1S/C28H41N2O6P.CH3NO2/c1-18-9-6-5-7-10-20(3)28(34)30-23-17-25(32)26(29-13-8-14-37(35)36)22(27(23)33)16-19(2)11-12-24(31)21(4)15-18;2-1(3)4/h5,7,10,15,17,19,21,24,29,31,35-36H,6,8-9,11-14,16H2,1-4H3,(H,30,34);2H2,(H,3,4)/b7-5-,18-15+,20-10+;/t19?,21?,24-;/m0./s1. The van der Waals surface area contributed by atoms with Crippen LogP contribution in [0.4, 0.5) is 4.79 Å². The summed E-state index contributed by atoms with van der Waals surface area (Å²) in [5.41, 5.74) is 6.06. The molecule has 2 unspecified atom stereocenters. The number of Topliss-reactive ketones (excluding diaryl/α,β-unsaturated/α-hetero) is 1. The van der Waals surface area contributed by atoms with Gasteiger partial charge in [0.1, 0.15) is 0 Å². The molecule has 0 radical (unpaired) electrons. The van der Waals surface area contributed by atoms with Gasteiger partial charge in [-0.15, -0.1) is 0 Å². The first-order valence-corrected chi connectivity index (χ1v) is 15.1. The van der Waals surface area contributed by atoms with Crippen LogP contribution in [0.25, 0.3) is 0 Å². The molecule has 8 N–H and O–H groups in total. The Balaban J connectivity index is 0.00000196. The van der Waals surface area contributed by atoms with Gasteiger partial charge in [-0.1, -0.05) is 43.7 Å². The molecule has 1 aliphatic heterocycles. The smallest absolute Gasteiger partial charge is 0.402 e. The first-order valence-electron chi connectivity index (χ1n) is 13.6. The fraction of sp³-hybridized carbons (Fsp3) is 0.517. The molecule has 228 valence electrons. The molecular formula is C29H44N3O8P. The van der Waals surface area contributed by atoms with E-state index in [1.165, 1.54) is 5.57 Å². The van der Waals surface area contributed by atoms with Crippen LogP contribution < -0.4 is 16.4 Å². The number of carbonyl (C=O) groups excluding carboxylic acids is 3. The second-order valence-corrected chi connectivity index (χ2v) is 11.6. The van der Waals surface area contributed by atoms with Gasteiger partial charge >= 0.3 is 6.09 Å². The van der Waals surface area contributed by atoms with E-state index in [0.29, 0.717) is 43.4 Å². The lowest BCUT2D eigenvalue weighted by molar-refractivity contribution is -0.120. The number of aliphatic hydroxyl groups is 1. The summed E-state index contributed by atoms with van der Waals surface area (Å²) in [4.78, 5) is 66.2. The van der Waals surface area contributed by atoms with Crippen molar-refractivity contribution in [2.45, 2.75) is 72.3 Å². The van der Waals surface area contributed by atoms with E-state index in [4.69, 9.17) is 19.7 Å². The van der Waals surface area contributed by atoms with Gasteiger partial charge in [0.15, 0.2) is 8.38 Å². The summed E-state index contributed by atoms with van der Waals surface area (Å²) in [5, 5.41) is 23.5. The molecule has 0 aromatic rings. The SMILES string of the molecule is C/C1=C\C(C)[C@@H](O)CCC(C)CC2=C(NCCCP(O)O)C(=O)C=C(NC(=O)/C(C)=C/C=C\CC1)C2=O.NC(=O)O. The number of hydrogen-bond donors (Lipinski definition) is 7. The Morgan fingerprint density at radius 1 is 1.17 bits per heavy atom. The molecule has 11 nitrogen and oxygen atoms in total. The summed E-state index contributed by atoms with van der Waals surface area (Å²) in [5.74, 6) is -1.28. The Hall–Kier alpha value is -3.11. The predicted molar refractivity (Wildman–Crippen MR) is 158 cm³/mol. The first-order chi connectivity index (χ1) is 19.2. The third kappa shape index (κ3) is 13.9. The maximum absolute atomic E-state index is 13.4. The van der Waals surface area contributed by atoms with Crippen molar-refractivity contribution in [3.8, 4) is 0 Å². The molecule has 2 bridgehead atoms. The van der Waals surface area contributed by atoms with Gasteiger partial charge in [-0.3, -0.25) is 14.4 Å². The summed E-state index contributed by atoms with van der Waals surface area (Å²) in [7, 11) is -2.03. The van der Waals surface area contributed by atoms with Crippen molar-refractivity contribution < 1.29 is 39.2 Å². The van der Waals surface area contributed by atoms with Crippen molar-refractivity contribution >= 4 is 31.9 Å². The normalized spacial score (nSPS) is 26.5. The van der Waals surface area contributed by atoms with Crippen LogP contribution in [-0.2, 0) is 14.4 Å². The molecule has 0 spiro atoms. The van der Waals surface area contributed by atoms with Gasteiger partial charge in [-0.05, 0) is 58.3 Å². The van der Waals surface area contributed by atoms with Crippen LogP contribution in [0.15, 0.2) is 58.5 Å². The van der Waals surface area contributed by atoms with Crippen molar-refractivity contribution in [3.05, 3.63) is 58.5 Å². The number of fused-ring (bicyclic) bond motifs is 2. The average molecular weight is 594 g/mol. The monoisotopic (exact) mass is 593 g/mol. The topological polar surface area (TPSA) is 199 Å². The summed E-state index contributed by atoms with van der Waals surface area (Å²) in [6.07, 6.45) is 10.6. The summed E-state index contributed by atoms with van der Waals surface area (Å²) in [6, 6.07) is 0. The highest BCUT2D eigenvalue weighted by molar-refractivity contribution is 7.45. The minimum Gasteiger partial charge on any atom is -0.465 e. The van der Waals surface area contributed by atoms with Gasteiger partial charge in [0.05, 0.1) is 17.5 Å². The van der Waals surface area contributed by atoms with E-state index in [9.17, 15) is 19.5 Å². The van der Waals surface area contributed by atoms with Gasteiger partial charge in [0, 0.05) is 35.8 Å². The number of carbonyl (C=O) groups is 4. The lowest BCUT2D eigenvalue weighted by Crippen LogP contribution is -2.36. The highest BCUT2D eigenvalue weighted by Crippen LogP contribution is 2.28. The van der Waals surface area contributed by atoms with Crippen LogP contribution in [0.2, 0.25) is 0 Å². The van der Waals surface area contributed by atoms with Crippen LogP contribution >= 0.6 is 8.38 Å². The Morgan fingerprint density at radius 2 is 1.83 bits per heavy atom. The third-order valence-electron chi connectivity index (χ3n) is 6.64. The van der Waals surface area contributed by atoms with Gasteiger partial charge in [0.2, 0.25) is 11.6 Å². The fourth-order valence-electron chi connectivity index (χ4n) is 4.34. The van der Waals surface area contributed by atoms with Gasteiger partial charge in [0.25, 0.3) is 5.91 Å². The molecule has 0 aromatic carbocycles. The fourth-order valence-corrected chi connectivity index (χ4v) is 4.78. The van der Waals surface area contributed by atoms with E-state index < -0.39 is 38.0 Å². The van der Waals surface area contributed by atoms with Crippen LogP contribution in [0.3, 0.4) is 0 Å². The minimum atomic E-state index is -2.03. The highest BCUT2D eigenvalue weighted by Gasteiger charge is 2.31. The Bertz CT molecular complexity index is 1100. The maximum atomic E-state index is 13.4. The molecule has 2 rings (SSSR count). The number of nitrogens with one attached hydrogen (secondary N) is 2. The number of primary amides is 1. The molecule has 2 aliphatic rings. The number of nitrogens with two attached hydrogens (primary N) is 1. The third-order valence-corrected chi connectivity index (χ3v) is 7.35. The number of carboxylic acid groups (broad SMARTS) is 1. The molecule has 1 aliphatic carbocycles. The van der Waals surface area contributed by atoms with E-state index in [0.717, 1.165) is 18.9 Å². The van der Waals surface area contributed by atoms with Crippen molar-refractivity contribution in [2.24, 2.45) is 17.6 Å². The van der Waals surface area contributed by atoms with Crippen LogP contribution in [0.1, 0.15) is 66.2 Å². The second-order valence-electron chi connectivity index (χ2n) is 10.4. The Morgan fingerprint density at radius 3 is 2.46 bits per heavy atom. The zero-order valence-corrected chi connectivity index (χ0v) is 25.1. The minimum absolute atomic E-state index is 0.00108. The second kappa shape index (κ2) is 18.3. The van der Waals surface area contributed by atoms with Crippen molar-refractivity contribution in [2.75, 3.05) is 12.7 Å². The molecular weight excluding hydrogens is 549 g/mol. The average Bonchev–Trinajstić information content (AvgIpc) is 2.87. The van der Waals surface area contributed by atoms with Gasteiger partial charge < -0.3 is 36.4 Å². The quantitative estimate of drug-likeness (QED) is 0.108. The zero-order chi connectivity index (χ0) is 31.1.